The first kappa shape index (κ1) is 14.2. The molecule has 0 radical (unpaired) electrons. The number of carbonyl (C=O) groups excluding carboxylic acids is 1. The predicted molar refractivity (Wildman–Crippen MR) is 77.9 cm³/mol. The Kier molecular flexibility index (Phi) is 4.01. The molecule has 1 unspecified atom stereocenters. The Morgan fingerprint density at radius 1 is 1.43 bits per heavy atom. The van der Waals surface area contributed by atoms with Gasteiger partial charge in [0.2, 0.25) is 5.91 Å². The zero-order chi connectivity index (χ0) is 14.8. The van der Waals surface area contributed by atoms with E-state index in [0.29, 0.717) is 6.42 Å². The number of nitrogens with zero attached hydrogens (tertiary/aromatic N) is 4. The smallest absolute Gasteiger partial charge is 0.223 e. The fourth-order valence-electron chi connectivity index (χ4n) is 2.82. The van der Waals surface area contributed by atoms with Crippen molar-refractivity contribution in [1.82, 2.24) is 20.2 Å². The van der Waals surface area contributed by atoms with Crippen molar-refractivity contribution in [1.29, 1.82) is 0 Å². The molecule has 1 amide bonds. The summed E-state index contributed by atoms with van der Waals surface area (Å²) in [6.07, 6.45) is 3.21. The van der Waals surface area contributed by atoms with Crippen molar-refractivity contribution < 1.29 is 9.42 Å². The minimum absolute atomic E-state index is 0.0197. The highest BCUT2D eigenvalue weighted by atomic mass is 32.1. The van der Waals surface area contributed by atoms with E-state index >= 15 is 0 Å². The van der Waals surface area contributed by atoms with Gasteiger partial charge in [-0.05, 0) is 33.1 Å². The minimum Gasteiger partial charge on any atom is -0.334 e. The van der Waals surface area contributed by atoms with E-state index in [9.17, 15) is 4.79 Å². The number of aryl methyl sites for hydroxylation is 3. The fourth-order valence-corrected chi connectivity index (χ4v) is 3.60. The predicted octanol–water partition coefficient (Wildman–Crippen LogP) is 2.44. The lowest BCUT2D eigenvalue weighted by molar-refractivity contribution is -0.132. The van der Waals surface area contributed by atoms with E-state index in [2.05, 4.69) is 15.3 Å². The van der Waals surface area contributed by atoms with Gasteiger partial charge in [0.25, 0.3) is 0 Å². The van der Waals surface area contributed by atoms with Crippen molar-refractivity contribution in [3.63, 3.8) is 0 Å². The molecule has 6 nitrogen and oxygen atoms in total. The van der Waals surface area contributed by atoms with Crippen molar-refractivity contribution in [2.24, 2.45) is 0 Å². The quantitative estimate of drug-likeness (QED) is 0.867. The molecule has 1 saturated heterocycles. The number of amides is 1. The standard InChI is InChI=1S/C14H18N4O2S/c1-9-12(21-8-15-9)5-6-13(19)18-7-3-4-11(18)14-10(2)16-20-17-14/h8,11H,3-7H2,1-2H3. The van der Waals surface area contributed by atoms with E-state index in [-0.39, 0.29) is 11.9 Å². The van der Waals surface area contributed by atoms with Gasteiger partial charge >= 0.3 is 0 Å². The average molecular weight is 306 g/mol. The summed E-state index contributed by atoms with van der Waals surface area (Å²) in [6.45, 7) is 4.64. The Morgan fingerprint density at radius 3 is 2.95 bits per heavy atom. The van der Waals surface area contributed by atoms with E-state index in [1.54, 1.807) is 11.3 Å². The third kappa shape index (κ3) is 2.83. The van der Waals surface area contributed by atoms with Crippen LogP contribution in [0.2, 0.25) is 0 Å². The molecule has 0 aromatic carbocycles. The average Bonchev–Trinajstić information content (AvgIpc) is 3.16. The molecule has 21 heavy (non-hydrogen) atoms. The van der Waals surface area contributed by atoms with Crippen LogP contribution in [0.3, 0.4) is 0 Å². The lowest BCUT2D eigenvalue weighted by Crippen LogP contribution is -2.31. The van der Waals surface area contributed by atoms with Gasteiger partial charge in [-0.2, -0.15) is 0 Å². The molecule has 1 aliphatic rings. The van der Waals surface area contributed by atoms with Crippen molar-refractivity contribution in [2.75, 3.05) is 6.54 Å². The molecule has 7 heteroatoms. The summed E-state index contributed by atoms with van der Waals surface area (Å²) in [5.41, 5.74) is 4.44. The van der Waals surface area contributed by atoms with Gasteiger partial charge in [-0.15, -0.1) is 11.3 Å². The molecule has 0 N–H and O–H groups in total. The number of rotatable bonds is 4. The Hall–Kier alpha value is -1.76. The van der Waals surface area contributed by atoms with Crippen LogP contribution in [0.1, 0.15) is 47.3 Å². The van der Waals surface area contributed by atoms with E-state index in [4.69, 9.17) is 4.63 Å². The molecule has 3 heterocycles. The van der Waals surface area contributed by atoms with Gasteiger partial charge in [-0.3, -0.25) is 4.79 Å². The molecule has 2 aromatic rings. The lowest BCUT2D eigenvalue weighted by Gasteiger charge is -2.23. The van der Waals surface area contributed by atoms with E-state index in [1.165, 1.54) is 4.88 Å². The summed E-state index contributed by atoms with van der Waals surface area (Å²) in [7, 11) is 0. The van der Waals surface area contributed by atoms with Crippen molar-refractivity contribution >= 4 is 17.2 Å². The second-order valence-corrected chi connectivity index (χ2v) is 6.28. The molecule has 1 aliphatic heterocycles. The highest BCUT2D eigenvalue weighted by molar-refractivity contribution is 7.09. The number of carbonyl (C=O) groups is 1. The summed E-state index contributed by atoms with van der Waals surface area (Å²) in [5.74, 6) is 0.174. The number of hydrogen-bond acceptors (Lipinski definition) is 6. The molecular formula is C14H18N4O2S. The first-order chi connectivity index (χ1) is 10.2. The largest absolute Gasteiger partial charge is 0.334 e. The third-order valence-electron chi connectivity index (χ3n) is 3.99. The summed E-state index contributed by atoms with van der Waals surface area (Å²) in [4.78, 5) is 19.8. The van der Waals surface area contributed by atoms with Gasteiger partial charge in [0.05, 0.1) is 17.2 Å². The maximum Gasteiger partial charge on any atom is 0.223 e. The molecule has 0 saturated carbocycles. The Bertz CT molecular complexity index is 636. The van der Waals surface area contributed by atoms with Crippen LogP contribution in [0.15, 0.2) is 10.1 Å². The molecule has 0 spiro atoms. The van der Waals surface area contributed by atoms with Crippen LogP contribution < -0.4 is 0 Å². The van der Waals surface area contributed by atoms with Crippen molar-refractivity contribution in [3.8, 4) is 0 Å². The maximum absolute atomic E-state index is 12.5. The summed E-state index contributed by atoms with van der Waals surface area (Å²) in [6, 6.07) is 0.0197. The van der Waals surface area contributed by atoms with Gasteiger partial charge in [0, 0.05) is 17.8 Å². The van der Waals surface area contributed by atoms with Gasteiger partial charge < -0.3 is 4.90 Å². The second-order valence-electron chi connectivity index (χ2n) is 5.34. The third-order valence-corrected chi connectivity index (χ3v) is 4.98. The number of hydrogen-bond donors (Lipinski definition) is 0. The van der Waals surface area contributed by atoms with Crippen LogP contribution in [0.4, 0.5) is 0 Å². The Balaban J connectivity index is 1.66. The van der Waals surface area contributed by atoms with E-state index < -0.39 is 0 Å². The lowest BCUT2D eigenvalue weighted by atomic mass is 10.1. The van der Waals surface area contributed by atoms with Crippen molar-refractivity contribution in [3.05, 3.63) is 27.5 Å². The molecular weight excluding hydrogens is 288 g/mol. The summed E-state index contributed by atoms with van der Waals surface area (Å²) < 4.78 is 4.78. The second kappa shape index (κ2) is 5.93. The van der Waals surface area contributed by atoms with Crippen LogP contribution >= 0.6 is 11.3 Å². The van der Waals surface area contributed by atoms with Gasteiger partial charge in [-0.25, -0.2) is 9.61 Å². The normalized spacial score (nSPS) is 18.4. The Labute approximate surface area is 127 Å². The zero-order valence-corrected chi connectivity index (χ0v) is 13.0. The number of likely N-dealkylation sites (tertiary alicyclic amines) is 1. The molecule has 3 rings (SSSR count). The monoisotopic (exact) mass is 306 g/mol. The van der Waals surface area contributed by atoms with Crippen LogP contribution in [0, 0.1) is 13.8 Å². The van der Waals surface area contributed by atoms with E-state index in [0.717, 1.165) is 42.9 Å². The first-order valence-electron chi connectivity index (χ1n) is 7.14. The maximum atomic E-state index is 12.5. The highest BCUT2D eigenvalue weighted by Crippen LogP contribution is 2.32. The molecule has 112 valence electrons. The van der Waals surface area contributed by atoms with E-state index in [1.807, 2.05) is 24.3 Å². The zero-order valence-electron chi connectivity index (χ0n) is 12.2. The van der Waals surface area contributed by atoms with Gasteiger partial charge in [0.15, 0.2) is 0 Å². The summed E-state index contributed by atoms with van der Waals surface area (Å²) >= 11 is 1.62. The van der Waals surface area contributed by atoms with Crippen LogP contribution in [0.5, 0.6) is 0 Å². The minimum atomic E-state index is 0.0197. The molecule has 0 bridgehead atoms. The van der Waals surface area contributed by atoms with Crippen LogP contribution in [-0.2, 0) is 11.2 Å². The fraction of sp³-hybridized carbons (Fsp3) is 0.571. The Morgan fingerprint density at radius 2 is 2.29 bits per heavy atom. The SMILES string of the molecule is Cc1nonc1C1CCCN1C(=O)CCc1scnc1C. The molecule has 0 aliphatic carbocycles. The number of aromatic nitrogens is 3. The molecule has 2 aromatic heterocycles. The van der Waals surface area contributed by atoms with Crippen molar-refractivity contribution in [2.45, 2.75) is 45.6 Å². The molecule has 1 atom stereocenters. The van der Waals surface area contributed by atoms with Crippen LogP contribution in [-0.4, -0.2) is 32.6 Å². The highest BCUT2D eigenvalue weighted by Gasteiger charge is 2.33. The first-order valence-corrected chi connectivity index (χ1v) is 8.02. The van der Waals surface area contributed by atoms with Gasteiger partial charge in [-0.1, -0.05) is 10.3 Å². The molecule has 1 fully saturated rings. The van der Waals surface area contributed by atoms with Gasteiger partial charge in [0.1, 0.15) is 11.4 Å². The topological polar surface area (TPSA) is 72.1 Å². The summed E-state index contributed by atoms with van der Waals surface area (Å²) in [5, 5.41) is 7.79. The van der Waals surface area contributed by atoms with Crippen LogP contribution in [0.25, 0.3) is 0 Å². The number of thiazole rings is 1.